The fourth-order valence-electron chi connectivity index (χ4n) is 7.80. The summed E-state index contributed by atoms with van der Waals surface area (Å²) < 4.78 is 10.7. The van der Waals surface area contributed by atoms with Crippen LogP contribution in [0.25, 0.3) is 88.8 Å². The predicted molar refractivity (Wildman–Crippen MR) is 238 cm³/mol. The molecular formula is C51H38IrN4OSi-2. The number of rotatable bonds is 5. The molecule has 4 aromatic heterocycles. The Labute approximate surface area is 351 Å². The normalized spacial score (nSPS) is 11.6. The van der Waals surface area contributed by atoms with E-state index in [1.165, 1.54) is 27.0 Å². The van der Waals surface area contributed by atoms with Crippen molar-refractivity contribution in [1.82, 2.24) is 19.1 Å². The summed E-state index contributed by atoms with van der Waals surface area (Å²) in [6.45, 7) is 7.04. The number of nitrogens with zero attached hydrogens (tertiary/aromatic N) is 4. The summed E-state index contributed by atoms with van der Waals surface area (Å²) in [5.74, 6) is 0.831. The molecule has 283 valence electrons. The van der Waals surface area contributed by atoms with Crippen LogP contribution in [0, 0.1) is 12.1 Å². The molecule has 0 fully saturated rings. The average molecular weight is 943 g/mol. The first-order valence-corrected chi connectivity index (χ1v) is 22.7. The van der Waals surface area contributed by atoms with Crippen LogP contribution >= 0.6 is 0 Å². The third kappa shape index (κ3) is 6.57. The third-order valence-corrected chi connectivity index (χ3v) is 12.7. The maximum Gasteiger partial charge on any atom is 0.120 e. The van der Waals surface area contributed by atoms with E-state index in [0.717, 1.165) is 67.0 Å². The zero-order chi connectivity index (χ0) is 38.5. The van der Waals surface area contributed by atoms with Crippen LogP contribution in [-0.4, -0.2) is 27.2 Å². The Morgan fingerprint density at radius 1 is 0.569 bits per heavy atom. The van der Waals surface area contributed by atoms with Gasteiger partial charge in [-0.25, -0.2) is 0 Å². The number of hydrogen-bond donors (Lipinski definition) is 0. The van der Waals surface area contributed by atoms with E-state index < -0.39 is 8.07 Å². The van der Waals surface area contributed by atoms with Crippen LogP contribution in [0.5, 0.6) is 0 Å². The molecular weight excluding hydrogens is 905 g/mol. The summed E-state index contributed by atoms with van der Waals surface area (Å²) in [4.78, 5) is 9.72. The molecule has 0 aliphatic heterocycles. The molecule has 11 aromatic rings. The Balaban J connectivity index is 0.000000148. The molecule has 0 saturated heterocycles. The van der Waals surface area contributed by atoms with E-state index in [2.05, 4.69) is 150 Å². The number of para-hydroxylation sites is 6. The van der Waals surface area contributed by atoms with E-state index in [4.69, 9.17) is 14.4 Å². The van der Waals surface area contributed by atoms with Gasteiger partial charge in [0.25, 0.3) is 0 Å². The summed E-state index contributed by atoms with van der Waals surface area (Å²) in [5, 5.41) is 6.05. The van der Waals surface area contributed by atoms with E-state index in [1.54, 1.807) is 0 Å². The minimum atomic E-state index is -1.35. The molecule has 0 unspecified atom stereocenters. The van der Waals surface area contributed by atoms with Gasteiger partial charge in [-0.3, -0.25) is 4.98 Å². The maximum atomic E-state index is 6.24. The first-order chi connectivity index (χ1) is 27.9. The van der Waals surface area contributed by atoms with Crippen molar-refractivity contribution in [2.24, 2.45) is 0 Å². The van der Waals surface area contributed by atoms with Crippen molar-refractivity contribution in [2.75, 3.05) is 0 Å². The van der Waals surface area contributed by atoms with Gasteiger partial charge in [-0.15, -0.1) is 42.0 Å². The first kappa shape index (κ1) is 37.2. The Bertz CT molecular complexity index is 3220. The molecule has 1 radical (unpaired) electrons. The first-order valence-electron chi connectivity index (χ1n) is 19.2. The Morgan fingerprint density at radius 2 is 1.22 bits per heavy atom. The largest absolute Gasteiger partial charge is 0.501 e. The van der Waals surface area contributed by atoms with Crippen LogP contribution in [0.2, 0.25) is 19.6 Å². The molecule has 0 amide bonds. The van der Waals surface area contributed by atoms with Crippen LogP contribution < -0.4 is 5.19 Å². The van der Waals surface area contributed by atoms with Crippen molar-refractivity contribution >= 4 is 68.0 Å². The Kier molecular flexibility index (Phi) is 9.74. The van der Waals surface area contributed by atoms with Crippen molar-refractivity contribution in [3.05, 3.63) is 188 Å². The SMILES string of the molecule is C[Si](C)(C)c1ccc(-c2[c-]cc3c(c2)c2ccccc2n3-c2ccccc2)nc1.[Ir].[c-]1ccc2c(oc3ccccc32)c1-c1nc2ccccc2n1-c1ccccc1. The van der Waals surface area contributed by atoms with Gasteiger partial charge in [0, 0.05) is 48.6 Å². The number of aromatic nitrogens is 4. The van der Waals surface area contributed by atoms with Gasteiger partial charge in [0.2, 0.25) is 0 Å². The second kappa shape index (κ2) is 15.2. The summed E-state index contributed by atoms with van der Waals surface area (Å²) in [7, 11) is -1.35. The van der Waals surface area contributed by atoms with Gasteiger partial charge < -0.3 is 18.5 Å². The van der Waals surface area contributed by atoms with Crippen molar-refractivity contribution < 1.29 is 24.5 Å². The molecule has 0 saturated carbocycles. The molecule has 0 N–H and O–H groups in total. The van der Waals surface area contributed by atoms with Gasteiger partial charge in [0.05, 0.1) is 30.5 Å². The third-order valence-electron chi connectivity index (χ3n) is 10.7. The van der Waals surface area contributed by atoms with Gasteiger partial charge in [-0.05, 0) is 70.3 Å². The predicted octanol–water partition coefficient (Wildman–Crippen LogP) is 12.6. The molecule has 7 aromatic carbocycles. The van der Waals surface area contributed by atoms with Crippen LogP contribution in [-0.2, 0) is 20.1 Å². The zero-order valence-electron chi connectivity index (χ0n) is 32.3. The summed E-state index contributed by atoms with van der Waals surface area (Å²) >= 11 is 0. The van der Waals surface area contributed by atoms with Crippen molar-refractivity contribution in [3.63, 3.8) is 0 Å². The molecule has 0 spiro atoms. The minimum absolute atomic E-state index is 0. The van der Waals surface area contributed by atoms with Crippen LogP contribution in [0.15, 0.2) is 180 Å². The molecule has 4 heterocycles. The summed E-state index contributed by atoms with van der Waals surface area (Å²) in [6.07, 6.45) is 2.05. The van der Waals surface area contributed by atoms with Gasteiger partial charge in [-0.1, -0.05) is 133 Å². The topological polar surface area (TPSA) is 48.8 Å². The van der Waals surface area contributed by atoms with E-state index in [1.807, 2.05) is 66.9 Å². The number of pyridine rings is 1. The fourth-order valence-corrected chi connectivity index (χ4v) is 8.83. The van der Waals surface area contributed by atoms with Gasteiger partial charge in [0.15, 0.2) is 0 Å². The summed E-state index contributed by atoms with van der Waals surface area (Å²) in [6, 6.07) is 65.3. The van der Waals surface area contributed by atoms with E-state index in [0.29, 0.717) is 0 Å². The molecule has 0 aliphatic rings. The van der Waals surface area contributed by atoms with Gasteiger partial charge >= 0.3 is 0 Å². The van der Waals surface area contributed by atoms with E-state index in [-0.39, 0.29) is 20.1 Å². The van der Waals surface area contributed by atoms with Gasteiger partial charge in [0.1, 0.15) is 5.58 Å². The molecule has 0 bridgehead atoms. The molecule has 58 heavy (non-hydrogen) atoms. The Hall–Kier alpha value is -6.37. The number of fused-ring (bicyclic) bond motifs is 7. The molecule has 7 heteroatoms. The monoisotopic (exact) mass is 943 g/mol. The fraction of sp³-hybridized carbons (Fsp3) is 0.0588. The molecule has 5 nitrogen and oxygen atoms in total. The smallest absolute Gasteiger partial charge is 0.120 e. The number of benzene rings is 7. The quantitative estimate of drug-likeness (QED) is 0.128. The van der Waals surface area contributed by atoms with Crippen molar-refractivity contribution in [1.29, 1.82) is 0 Å². The zero-order valence-corrected chi connectivity index (χ0v) is 35.7. The van der Waals surface area contributed by atoms with Crippen molar-refractivity contribution in [2.45, 2.75) is 19.6 Å². The minimum Gasteiger partial charge on any atom is -0.501 e. The Morgan fingerprint density at radius 3 is 1.95 bits per heavy atom. The van der Waals surface area contributed by atoms with Crippen LogP contribution in [0.1, 0.15) is 0 Å². The van der Waals surface area contributed by atoms with E-state index in [9.17, 15) is 0 Å². The number of hydrogen-bond acceptors (Lipinski definition) is 3. The van der Waals surface area contributed by atoms with Crippen LogP contribution in [0.3, 0.4) is 0 Å². The maximum absolute atomic E-state index is 6.24. The second-order valence-corrected chi connectivity index (χ2v) is 20.4. The number of furan rings is 1. The van der Waals surface area contributed by atoms with Crippen molar-refractivity contribution in [3.8, 4) is 34.0 Å². The molecule has 11 rings (SSSR count). The number of imidazole rings is 1. The van der Waals surface area contributed by atoms with Gasteiger partial charge in [-0.2, -0.15) is 0 Å². The summed E-state index contributed by atoms with van der Waals surface area (Å²) in [5.41, 5.74) is 11.2. The molecule has 0 aliphatic carbocycles. The molecule has 0 atom stereocenters. The van der Waals surface area contributed by atoms with E-state index >= 15 is 0 Å². The van der Waals surface area contributed by atoms with Crippen LogP contribution in [0.4, 0.5) is 0 Å². The standard InChI is InChI=1S/C26H23N2Si.C25H15N2O.Ir/c1-29(2,3)21-14-15-24(27-18-21)19-13-16-26-23(17-19)22-11-7-8-12-25(22)28(26)20-9-5-4-6-10-20;1-2-9-17(10-3-1)27-22-15-6-5-14-21(22)26-25(27)20-13-8-12-19-18-11-4-7-16-23(18)28-24(19)20;/h4-12,14-18H,1-3H3;1-12,14-16H;/q2*-1;. The second-order valence-electron chi connectivity index (χ2n) is 15.3. The average Bonchev–Trinajstić information content (AvgIpc) is 3.94.